The van der Waals surface area contributed by atoms with Gasteiger partial charge in [-0.25, -0.2) is 10.9 Å². The summed E-state index contributed by atoms with van der Waals surface area (Å²) in [7, 11) is -0.664. The number of aliphatic hydroxyl groups is 3. The highest BCUT2D eigenvalue weighted by Gasteiger charge is 2.40. The summed E-state index contributed by atoms with van der Waals surface area (Å²) in [6, 6.07) is 13.3. The molecule has 2 aromatic rings. The van der Waals surface area contributed by atoms with E-state index in [1.807, 2.05) is 30.3 Å². The van der Waals surface area contributed by atoms with Gasteiger partial charge in [0.15, 0.2) is 0 Å². The Bertz CT molecular complexity index is 1050. The van der Waals surface area contributed by atoms with Crippen molar-refractivity contribution in [3.05, 3.63) is 64.7 Å². The van der Waals surface area contributed by atoms with Crippen LogP contribution in [0.2, 0.25) is 0 Å². The van der Waals surface area contributed by atoms with Crippen LogP contribution in [0.15, 0.2) is 42.5 Å². The van der Waals surface area contributed by atoms with Gasteiger partial charge in [-0.05, 0) is 67.3 Å². The molecule has 6 atom stereocenters. The number of carbonyl (C=O) groups is 2. The smallest absolute Gasteiger partial charge is 0.239 e. The van der Waals surface area contributed by atoms with Crippen LogP contribution in [-0.2, 0) is 16.0 Å². The molecule has 0 aliphatic carbocycles. The number of aliphatic hydroxyl groups excluding tert-OH is 3. The normalized spacial score (nSPS) is 25.7. The summed E-state index contributed by atoms with van der Waals surface area (Å²) in [5.41, 5.74) is 9.54. The van der Waals surface area contributed by atoms with Gasteiger partial charge in [-0.1, -0.05) is 30.3 Å². The van der Waals surface area contributed by atoms with E-state index in [1.165, 1.54) is 0 Å². The van der Waals surface area contributed by atoms with Crippen LogP contribution >= 0.6 is 10.9 Å². The summed E-state index contributed by atoms with van der Waals surface area (Å²) >= 11 is 0. The lowest BCUT2D eigenvalue weighted by Gasteiger charge is -2.42. The second kappa shape index (κ2) is 12.6. The van der Waals surface area contributed by atoms with Crippen LogP contribution in [-0.4, -0.2) is 70.1 Å². The SMILES string of the molecule is Cc1ccc([C@H]2[C@H](O)[C@H](O)[C@H](O)C[SH]2C)cc1Cc1ccc(OCCCC(=O)N[C@@H](C)C(N)=O)cc1. The quantitative estimate of drug-likeness (QED) is 0.208. The summed E-state index contributed by atoms with van der Waals surface area (Å²) in [4.78, 5) is 22.8. The highest BCUT2D eigenvalue weighted by atomic mass is 32.2. The van der Waals surface area contributed by atoms with Crippen molar-refractivity contribution in [2.24, 2.45) is 5.73 Å². The van der Waals surface area contributed by atoms with Gasteiger partial charge < -0.3 is 31.1 Å². The van der Waals surface area contributed by atoms with Gasteiger partial charge in [-0.3, -0.25) is 9.59 Å². The maximum Gasteiger partial charge on any atom is 0.239 e. The Morgan fingerprint density at radius 1 is 1.14 bits per heavy atom. The number of ether oxygens (including phenoxy) is 1. The van der Waals surface area contributed by atoms with Crippen molar-refractivity contribution in [3.63, 3.8) is 0 Å². The monoisotopic (exact) mass is 518 g/mol. The first-order valence-corrected chi connectivity index (χ1v) is 14.3. The van der Waals surface area contributed by atoms with E-state index in [9.17, 15) is 24.9 Å². The number of benzene rings is 2. The minimum Gasteiger partial charge on any atom is -0.494 e. The van der Waals surface area contributed by atoms with Gasteiger partial charge in [0.2, 0.25) is 11.8 Å². The lowest BCUT2D eigenvalue weighted by molar-refractivity contribution is -0.127. The third kappa shape index (κ3) is 7.22. The van der Waals surface area contributed by atoms with Crippen molar-refractivity contribution in [1.29, 1.82) is 0 Å². The zero-order chi connectivity index (χ0) is 26.4. The van der Waals surface area contributed by atoms with Crippen molar-refractivity contribution in [3.8, 4) is 5.75 Å². The number of thiol groups is 1. The Labute approximate surface area is 215 Å². The van der Waals surface area contributed by atoms with E-state index in [4.69, 9.17) is 10.5 Å². The zero-order valence-corrected chi connectivity index (χ0v) is 21.9. The molecular weight excluding hydrogens is 480 g/mol. The third-order valence-electron chi connectivity index (χ3n) is 6.67. The largest absolute Gasteiger partial charge is 0.494 e. The number of amides is 2. The molecule has 8 nitrogen and oxygen atoms in total. The number of hydrogen-bond donors (Lipinski definition) is 6. The maximum atomic E-state index is 11.8. The summed E-state index contributed by atoms with van der Waals surface area (Å²) in [5, 5.41) is 33.2. The second-order valence-electron chi connectivity index (χ2n) is 9.58. The second-order valence-corrected chi connectivity index (χ2v) is 12.0. The molecule has 1 unspecified atom stereocenters. The fourth-order valence-electron chi connectivity index (χ4n) is 4.44. The molecular formula is C27H38N2O6S. The first kappa shape index (κ1) is 28.0. The van der Waals surface area contributed by atoms with Gasteiger partial charge in [0.25, 0.3) is 0 Å². The van der Waals surface area contributed by atoms with E-state index in [0.717, 1.165) is 22.3 Å². The Morgan fingerprint density at radius 2 is 1.83 bits per heavy atom. The molecule has 1 aliphatic heterocycles. The summed E-state index contributed by atoms with van der Waals surface area (Å²) in [6.45, 7) is 3.98. The van der Waals surface area contributed by atoms with Gasteiger partial charge in [0, 0.05) is 17.4 Å². The van der Waals surface area contributed by atoms with E-state index in [-0.39, 0.29) is 17.6 Å². The highest BCUT2D eigenvalue weighted by molar-refractivity contribution is 8.16. The average molecular weight is 519 g/mol. The Morgan fingerprint density at radius 3 is 2.50 bits per heavy atom. The number of primary amides is 1. The molecule has 1 heterocycles. The lowest BCUT2D eigenvalue weighted by atomic mass is 9.94. The fourth-order valence-corrected chi connectivity index (χ4v) is 6.84. The van der Waals surface area contributed by atoms with Crippen LogP contribution in [0.25, 0.3) is 0 Å². The van der Waals surface area contributed by atoms with Crippen molar-refractivity contribution in [2.45, 2.75) is 62.7 Å². The average Bonchev–Trinajstić information content (AvgIpc) is 2.83. The molecule has 0 radical (unpaired) electrons. The summed E-state index contributed by atoms with van der Waals surface area (Å²) < 4.78 is 5.74. The van der Waals surface area contributed by atoms with Crippen molar-refractivity contribution in [1.82, 2.24) is 5.32 Å². The van der Waals surface area contributed by atoms with Gasteiger partial charge in [0.1, 0.15) is 17.9 Å². The van der Waals surface area contributed by atoms with Crippen LogP contribution < -0.4 is 15.8 Å². The number of nitrogens with two attached hydrogens (primary N) is 1. The Hall–Kier alpha value is -2.59. The Kier molecular flexibility index (Phi) is 9.78. The molecule has 0 saturated carbocycles. The number of aryl methyl sites for hydroxylation is 1. The van der Waals surface area contributed by atoms with E-state index in [1.54, 1.807) is 6.92 Å². The van der Waals surface area contributed by atoms with Gasteiger partial charge in [0.05, 0.1) is 18.8 Å². The van der Waals surface area contributed by atoms with Gasteiger partial charge in [-0.15, -0.1) is 0 Å². The minimum atomic E-state index is -1.13. The van der Waals surface area contributed by atoms with E-state index < -0.39 is 41.2 Å². The first-order chi connectivity index (χ1) is 17.1. The van der Waals surface area contributed by atoms with Crippen LogP contribution in [0.3, 0.4) is 0 Å². The van der Waals surface area contributed by atoms with E-state index >= 15 is 0 Å². The fraction of sp³-hybridized carbons (Fsp3) is 0.481. The van der Waals surface area contributed by atoms with Crippen LogP contribution in [0.4, 0.5) is 0 Å². The molecule has 198 valence electrons. The molecule has 1 saturated heterocycles. The minimum absolute atomic E-state index is 0.172. The lowest BCUT2D eigenvalue weighted by Crippen LogP contribution is -2.47. The van der Waals surface area contributed by atoms with E-state index in [0.29, 0.717) is 31.0 Å². The number of hydrogen-bond acceptors (Lipinski definition) is 6. The van der Waals surface area contributed by atoms with Crippen molar-refractivity contribution < 1.29 is 29.6 Å². The Balaban J connectivity index is 1.56. The molecule has 36 heavy (non-hydrogen) atoms. The van der Waals surface area contributed by atoms with Crippen molar-refractivity contribution >= 4 is 22.7 Å². The molecule has 1 fully saturated rings. The summed E-state index contributed by atoms with van der Waals surface area (Å²) in [5.74, 6) is 0.423. The highest BCUT2D eigenvalue weighted by Crippen LogP contribution is 2.48. The van der Waals surface area contributed by atoms with Gasteiger partial charge >= 0.3 is 0 Å². The number of rotatable bonds is 10. The van der Waals surface area contributed by atoms with Crippen LogP contribution in [0, 0.1) is 6.92 Å². The third-order valence-corrected chi connectivity index (χ3v) is 9.17. The van der Waals surface area contributed by atoms with Gasteiger partial charge in [-0.2, -0.15) is 0 Å². The standard InChI is InChI=1S/C27H38N2O6S/c1-16-6-9-19(26-25(33)24(32)22(30)15-36(26)3)14-20(16)13-18-7-10-21(11-8-18)35-12-4-5-23(31)29-17(2)27(28)34/h6-11,14,17,22,24-26,30,32-33,36H,4-5,12-13,15H2,1-3H3,(H2,28,34)(H,29,31)/t17-,22+,24+,25+,26-/m0/s1. The van der Waals surface area contributed by atoms with Crippen molar-refractivity contribution in [2.75, 3.05) is 18.6 Å². The molecule has 9 heteroatoms. The maximum absolute atomic E-state index is 11.8. The topological polar surface area (TPSA) is 142 Å². The molecule has 0 aromatic heterocycles. The summed E-state index contributed by atoms with van der Waals surface area (Å²) in [6.07, 6.45) is 0.563. The first-order valence-electron chi connectivity index (χ1n) is 12.2. The molecule has 2 aromatic carbocycles. The zero-order valence-electron chi connectivity index (χ0n) is 21.1. The number of carbonyl (C=O) groups excluding carboxylic acids is 2. The van der Waals surface area contributed by atoms with Crippen LogP contribution in [0.1, 0.15) is 47.3 Å². The molecule has 0 bridgehead atoms. The van der Waals surface area contributed by atoms with Crippen LogP contribution in [0.5, 0.6) is 5.75 Å². The predicted octanol–water partition coefficient (Wildman–Crippen LogP) is 1.50. The molecule has 1 aliphatic rings. The molecule has 6 N–H and O–H groups in total. The predicted molar refractivity (Wildman–Crippen MR) is 142 cm³/mol. The number of nitrogens with one attached hydrogen (secondary N) is 1. The molecule has 0 spiro atoms. The van der Waals surface area contributed by atoms with E-state index in [2.05, 4.69) is 30.6 Å². The molecule has 3 rings (SSSR count). The molecule has 2 amide bonds.